The third-order valence-electron chi connectivity index (χ3n) is 3.29. The van der Waals surface area contributed by atoms with E-state index in [1.54, 1.807) is 0 Å². The number of carbonyl (C=O) groups is 1. The summed E-state index contributed by atoms with van der Waals surface area (Å²) < 4.78 is 0. The molecule has 0 radical (unpaired) electrons. The van der Waals surface area contributed by atoms with Gasteiger partial charge >= 0.3 is 0 Å². The van der Waals surface area contributed by atoms with Crippen LogP contribution in [0.25, 0.3) is 0 Å². The number of aryl methyl sites for hydroxylation is 2. The standard InChI is InChI=1S/C13H20N4O.ClH/c1-8-5-9(2)17-12(16-8)7-15-13(18)10-3-4-11(14)6-10;/h5,10-11H,3-4,6-7,14H2,1-2H3,(H,15,18);1H/t10-,11+;/m0./s1. The van der Waals surface area contributed by atoms with Crippen molar-refractivity contribution in [2.24, 2.45) is 11.7 Å². The Hall–Kier alpha value is -1.20. The molecule has 0 aromatic carbocycles. The number of aromatic nitrogens is 2. The Morgan fingerprint density at radius 3 is 2.53 bits per heavy atom. The topological polar surface area (TPSA) is 80.9 Å². The zero-order chi connectivity index (χ0) is 13.1. The number of nitrogens with zero attached hydrogens (tertiary/aromatic N) is 2. The monoisotopic (exact) mass is 284 g/mol. The van der Waals surface area contributed by atoms with Crippen molar-refractivity contribution in [2.75, 3.05) is 0 Å². The molecule has 1 amide bonds. The van der Waals surface area contributed by atoms with E-state index in [9.17, 15) is 4.79 Å². The van der Waals surface area contributed by atoms with Crippen molar-refractivity contribution < 1.29 is 4.79 Å². The first-order valence-corrected chi connectivity index (χ1v) is 6.39. The maximum Gasteiger partial charge on any atom is 0.223 e. The van der Waals surface area contributed by atoms with Crippen LogP contribution in [-0.2, 0) is 11.3 Å². The molecule has 19 heavy (non-hydrogen) atoms. The van der Waals surface area contributed by atoms with Gasteiger partial charge in [0, 0.05) is 23.3 Å². The van der Waals surface area contributed by atoms with Gasteiger partial charge in [0.05, 0.1) is 6.54 Å². The van der Waals surface area contributed by atoms with Crippen molar-refractivity contribution in [1.29, 1.82) is 0 Å². The lowest BCUT2D eigenvalue weighted by Crippen LogP contribution is -2.30. The second kappa shape index (κ2) is 6.82. The van der Waals surface area contributed by atoms with Crippen LogP contribution in [0, 0.1) is 19.8 Å². The number of amides is 1. The lowest BCUT2D eigenvalue weighted by Gasteiger charge is -2.10. The summed E-state index contributed by atoms with van der Waals surface area (Å²) in [4.78, 5) is 20.5. The van der Waals surface area contributed by atoms with Gasteiger partial charge in [0.2, 0.25) is 5.91 Å². The van der Waals surface area contributed by atoms with Crippen LogP contribution in [0.15, 0.2) is 6.07 Å². The number of rotatable bonds is 3. The second-order valence-electron chi connectivity index (χ2n) is 5.05. The molecule has 6 heteroatoms. The highest BCUT2D eigenvalue weighted by atomic mass is 35.5. The van der Waals surface area contributed by atoms with E-state index in [2.05, 4.69) is 15.3 Å². The van der Waals surface area contributed by atoms with Gasteiger partial charge < -0.3 is 11.1 Å². The third kappa shape index (κ3) is 4.44. The SMILES string of the molecule is Cc1cc(C)nc(CNC(=O)[C@H]2CC[C@@H](N)C2)n1.Cl. The number of hydrogen-bond acceptors (Lipinski definition) is 4. The second-order valence-corrected chi connectivity index (χ2v) is 5.05. The van der Waals surface area contributed by atoms with E-state index in [0.717, 1.165) is 30.7 Å². The zero-order valence-electron chi connectivity index (χ0n) is 11.3. The van der Waals surface area contributed by atoms with Crippen molar-refractivity contribution >= 4 is 18.3 Å². The normalized spacial score (nSPS) is 21.8. The van der Waals surface area contributed by atoms with Crippen molar-refractivity contribution in [3.63, 3.8) is 0 Å². The van der Waals surface area contributed by atoms with Crippen LogP contribution in [0.4, 0.5) is 0 Å². The molecule has 1 saturated carbocycles. The van der Waals surface area contributed by atoms with E-state index in [4.69, 9.17) is 5.73 Å². The highest BCUT2D eigenvalue weighted by molar-refractivity contribution is 5.85. The molecule has 5 nitrogen and oxygen atoms in total. The summed E-state index contributed by atoms with van der Waals surface area (Å²) in [5, 5.41) is 2.90. The predicted molar refractivity (Wildman–Crippen MR) is 75.9 cm³/mol. The van der Waals surface area contributed by atoms with E-state index in [1.165, 1.54) is 0 Å². The highest BCUT2D eigenvalue weighted by Gasteiger charge is 2.27. The van der Waals surface area contributed by atoms with Gasteiger partial charge in [-0.25, -0.2) is 9.97 Å². The van der Waals surface area contributed by atoms with Crippen LogP contribution < -0.4 is 11.1 Å². The third-order valence-corrected chi connectivity index (χ3v) is 3.29. The molecule has 0 unspecified atom stereocenters. The van der Waals surface area contributed by atoms with Gasteiger partial charge in [-0.3, -0.25) is 4.79 Å². The first-order valence-electron chi connectivity index (χ1n) is 6.39. The fourth-order valence-electron chi connectivity index (χ4n) is 2.44. The van der Waals surface area contributed by atoms with Gasteiger partial charge in [-0.1, -0.05) is 0 Å². The Bertz CT molecular complexity index is 432. The minimum absolute atomic E-state index is 0. The fourth-order valence-corrected chi connectivity index (χ4v) is 2.44. The molecule has 1 aliphatic rings. The van der Waals surface area contributed by atoms with Crippen molar-refractivity contribution in [1.82, 2.24) is 15.3 Å². The van der Waals surface area contributed by atoms with E-state index in [-0.39, 0.29) is 30.3 Å². The molecule has 2 rings (SSSR count). The van der Waals surface area contributed by atoms with Crippen LogP contribution >= 0.6 is 12.4 Å². The molecule has 0 saturated heterocycles. The maximum atomic E-state index is 11.9. The summed E-state index contributed by atoms with van der Waals surface area (Å²) in [6.07, 6.45) is 2.62. The molecule has 3 N–H and O–H groups in total. The molecule has 2 atom stereocenters. The Balaban J connectivity index is 0.00000180. The van der Waals surface area contributed by atoms with Crippen LogP contribution in [0.1, 0.15) is 36.5 Å². The molecule has 0 aliphatic heterocycles. The maximum absolute atomic E-state index is 11.9. The highest BCUT2D eigenvalue weighted by Crippen LogP contribution is 2.24. The molecular formula is C13H21ClN4O. The van der Waals surface area contributed by atoms with E-state index in [0.29, 0.717) is 12.4 Å². The largest absolute Gasteiger partial charge is 0.349 e. The fraction of sp³-hybridized carbons (Fsp3) is 0.615. The molecule has 1 aromatic heterocycles. The Morgan fingerprint density at radius 2 is 2.00 bits per heavy atom. The molecule has 1 aromatic rings. The summed E-state index contributed by atoms with van der Waals surface area (Å²) in [6, 6.07) is 2.10. The molecule has 0 spiro atoms. The van der Waals surface area contributed by atoms with Gasteiger partial charge in [0.25, 0.3) is 0 Å². The summed E-state index contributed by atoms with van der Waals surface area (Å²) in [7, 11) is 0. The van der Waals surface area contributed by atoms with Gasteiger partial charge in [-0.05, 0) is 39.2 Å². The van der Waals surface area contributed by atoms with Crippen LogP contribution in [0.5, 0.6) is 0 Å². The van der Waals surface area contributed by atoms with Gasteiger partial charge in [-0.15, -0.1) is 12.4 Å². The van der Waals surface area contributed by atoms with E-state index in [1.807, 2.05) is 19.9 Å². The van der Waals surface area contributed by atoms with Gasteiger partial charge in [0.15, 0.2) is 0 Å². The van der Waals surface area contributed by atoms with Crippen molar-refractivity contribution in [2.45, 2.75) is 45.7 Å². The molecular weight excluding hydrogens is 264 g/mol. The lowest BCUT2D eigenvalue weighted by molar-refractivity contribution is -0.125. The molecule has 1 heterocycles. The summed E-state index contributed by atoms with van der Waals surface area (Å²) >= 11 is 0. The molecule has 106 valence electrons. The first-order chi connectivity index (χ1) is 8.54. The summed E-state index contributed by atoms with van der Waals surface area (Å²) in [5.41, 5.74) is 7.66. The van der Waals surface area contributed by atoms with Crippen molar-refractivity contribution in [3.05, 3.63) is 23.3 Å². The quantitative estimate of drug-likeness (QED) is 0.875. The van der Waals surface area contributed by atoms with Crippen molar-refractivity contribution in [3.8, 4) is 0 Å². The van der Waals surface area contributed by atoms with E-state index < -0.39 is 0 Å². The van der Waals surface area contributed by atoms with Crippen LogP contribution in [0.3, 0.4) is 0 Å². The number of halogens is 1. The molecule has 1 aliphatic carbocycles. The molecule has 0 bridgehead atoms. The average Bonchev–Trinajstić information content (AvgIpc) is 2.71. The lowest BCUT2D eigenvalue weighted by atomic mass is 10.1. The zero-order valence-corrected chi connectivity index (χ0v) is 12.2. The first kappa shape index (κ1) is 15.9. The number of nitrogens with two attached hydrogens (primary N) is 1. The summed E-state index contributed by atoms with van der Waals surface area (Å²) in [5.74, 6) is 0.805. The minimum Gasteiger partial charge on any atom is -0.349 e. The Kier molecular flexibility index (Phi) is 5.69. The minimum atomic E-state index is 0. The number of nitrogens with one attached hydrogen (secondary N) is 1. The number of hydrogen-bond donors (Lipinski definition) is 2. The Morgan fingerprint density at radius 1 is 1.37 bits per heavy atom. The van der Waals surface area contributed by atoms with Crippen LogP contribution in [0.2, 0.25) is 0 Å². The van der Waals surface area contributed by atoms with E-state index >= 15 is 0 Å². The molecule has 1 fully saturated rings. The smallest absolute Gasteiger partial charge is 0.223 e. The number of carbonyl (C=O) groups excluding carboxylic acids is 1. The van der Waals surface area contributed by atoms with Gasteiger partial charge in [0.1, 0.15) is 5.82 Å². The van der Waals surface area contributed by atoms with Gasteiger partial charge in [-0.2, -0.15) is 0 Å². The average molecular weight is 285 g/mol. The summed E-state index contributed by atoms with van der Waals surface area (Å²) in [6.45, 7) is 4.25. The Labute approximate surface area is 119 Å². The predicted octanol–water partition coefficient (Wildman–Crippen LogP) is 1.26. The van der Waals surface area contributed by atoms with Crippen LogP contribution in [-0.4, -0.2) is 21.9 Å².